The standard InChI is InChI=1S/C21H22N6O3/c1-13(2)27-11-16(20-18(27)5-4-15(12-28)25-20)21(29)26-19-8-17(23-6-7-30-3)14(9-22)10-24-19/h4-5,8,10-13H,6-7H2,1-3H3,(H2,23,24,26,29). The highest BCUT2D eigenvalue weighted by Gasteiger charge is 2.19. The summed E-state index contributed by atoms with van der Waals surface area (Å²) in [5.41, 5.74) is 2.69. The second-order valence-corrected chi connectivity index (χ2v) is 6.87. The molecule has 0 bridgehead atoms. The number of methoxy groups -OCH3 is 1. The van der Waals surface area contributed by atoms with Crippen LogP contribution in [-0.4, -0.2) is 47.0 Å². The summed E-state index contributed by atoms with van der Waals surface area (Å²) in [5.74, 6) is -0.120. The minimum Gasteiger partial charge on any atom is -0.383 e. The number of amides is 1. The summed E-state index contributed by atoms with van der Waals surface area (Å²) in [6.07, 6.45) is 3.76. The van der Waals surface area contributed by atoms with E-state index >= 15 is 0 Å². The number of nitrogens with one attached hydrogen (secondary N) is 2. The number of fused-ring (bicyclic) bond motifs is 1. The first-order chi connectivity index (χ1) is 14.5. The van der Waals surface area contributed by atoms with E-state index in [9.17, 15) is 14.9 Å². The average Bonchev–Trinajstić information content (AvgIpc) is 3.13. The van der Waals surface area contributed by atoms with Gasteiger partial charge in [0.1, 0.15) is 23.1 Å². The highest BCUT2D eigenvalue weighted by Crippen LogP contribution is 2.25. The Morgan fingerprint density at radius 3 is 2.87 bits per heavy atom. The summed E-state index contributed by atoms with van der Waals surface area (Å²) in [6, 6.07) is 7.16. The topological polar surface area (TPSA) is 122 Å². The van der Waals surface area contributed by atoms with Crippen molar-refractivity contribution >= 4 is 34.7 Å². The lowest BCUT2D eigenvalue weighted by atomic mass is 10.2. The van der Waals surface area contributed by atoms with Crippen molar-refractivity contribution in [2.75, 3.05) is 30.9 Å². The molecule has 0 saturated carbocycles. The van der Waals surface area contributed by atoms with Crippen LogP contribution >= 0.6 is 0 Å². The lowest BCUT2D eigenvalue weighted by Gasteiger charge is -2.10. The van der Waals surface area contributed by atoms with Gasteiger partial charge in [0.2, 0.25) is 0 Å². The Morgan fingerprint density at radius 2 is 2.20 bits per heavy atom. The van der Waals surface area contributed by atoms with E-state index in [-0.39, 0.29) is 17.6 Å². The molecule has 3 aromatic rings. The van der Waals surface area contributed by atoms with Crippen LogP contribution in [0.4, 0.5) is 11.5 Å². The van der Waals surface area contributed by atoms with Gasteiger partial charge in [0.15, 0.2) is 6.29 Å². The van der Waals surface area contributed by atoms with Crippen LogP contribution in [0, 0.1) is 11.3 Å². The molecule has 0 atom stereocenters. The van der Waals surface area contributed by atoms with E-state index in [1.165, 1.54) is 6.20 Å². The normalized spacial score (nSPS) is 10.8. The number of aldehydes is 1. The second-order valence-electron chi connectivity index (χ2n) is 6.87. The molecule has 0 saturated heterocycles. The van der Waals surface area contributed by atoms with Crippen molar-refractivity contribution in [3.8, 4) is 6.07 Å². The zero-order valence-electron chi connectivity index (χ0n) is 17.0. The van der Waals surface area contributed by atoms with Gasteiger partial charge < -0.3 is 19.9 Å². The highest BCUT2D eigenvalue weighted by atomic mass is 16.5. The average molecular weight is 406 g/mol. The summed E-state index contributed by atoms with van der Waals surface area (Å²) in [7, 11) is 1.59. The van der Waals surface area contributed by atoms with E-state index in [4.69, 9.17) is 4.74 Å². The molecular weight excluding hydrogens is 384 g/mol. The fourth-order valence-corrected chi connectivity index (χ4v) is 3.03. The van der Waals surface area contributed by atoms with E-state index in [0.29, 0.717) is 41.8 Å². The molecule has 0 radical (unpaired) electrons. The predicted molar refractivity (Wildman–Crippen MR) is 113 cm³/mol. The first-order valence-corrected chi connectivity index (χ1v) is 9.39. The SMILES string of the molecule is COCCNc1cc(NC(=O)c2cn(C(C)C)c3ccc(C=O)nc23)ncc1C#N. The molecule has 154 valence electrons. The van der Waals surface area contributed by atoms with Gasteiger partial charge in [0, 0.05) is 38.2 Å². The number of hydrogen-bond donors (Lipinski definition) is 2. The molecule has 0 aliphatic rings. The van der Waals surface area contributed by atoms with Crippen LogP contribution in [0.25, 0.3) is 11.0 Å². The molecule has 9 nitrogen and oxygen atoms in total. The van der Waals surface area contributed by atoms with Crippen molar-refractivity contribution in [1.82, 2.24) is 14.5 Å². The Hall–Kier alpha value is -3.77. The van der Waals surface area contributed by atoms with Crippen LogP contribution in [0.3, 0.4) is 0 Å². The summed E-state index contributed by atoms with van der Waals surface area (Å²) in [6.45, 7) is 4.96. The van der Waals surface area contributed by atoms with Crippen molar-refractivity contribution < 1.29 is 14.3 Å². The zero-order valence-corrected chi connectivity index (χ0v) is 17.0. The molecule has 3 rings (SSSR count). The van der Waals surface area contributed by atoms with Crippen molar-refractivity contribution in [3.05, 3.63) is 47.4 Å². The quantitative estimate of drug-likeness (QED) is 0.435. The van der Waals surface area contributed by atoms with E-state index in [1.807, 2.05) is 18.4 Å². The Morgan fingerprint density at radius 1 is 1.40 bits per heavy atom. The van der Waals surface area contributed by atoms with E-state index in [2.05, 4.69) is 26.7 Å². The molecule has 0 fully saturated rings. The van der Waals surface area contributed by atoms with Crippen LogP contribution in [0.1, 0.15) is 46.3 Å². The third-order valence-electron chi connectivity index (χ3n) is 4.51. The number of hydrogen-bond acceptors (Lipinski definition) is 7. The van der Waals surface area contributed by atoms with Crippen LogP contribution < -0.4 is 10.6 Å². The third-order valence-corrected chi connectivity index (χ3v) is 4.51. The minimum absolute atomic E-state index is 0.0996. The molecular formula is C21H22N6O3. The van der Waals surface area contributed by atoms with Gasteiger partial charge in [-0.05, 0) is 26.0 Å². The fourth-order valence-electron chi connectivity index (χ4n) is 3.03. The molecule has 0 aliphatic carbocycles. The molecule has 1 amide bonds. The van der Waals surface area contributed by atoms with Crippen LogP contribution in [-0.2, 0) is 4.74 Å². The van der Waals surface area contributed by atoms with Gasteiger partial charge in [-0.25, -0.2) is 9.97 Å². The van der Waals surface area contributed by atoms with Crippen LogP contribution in [0.5, 0.6) is 0 Å². The molecule has 3 heterocycles. The number of nitriles is 1. The van der Waals surface area contributed by atoms with Gasteiger partial charge in [-0.15, -0.1) is 0 Å². The molecule has 0 unspecified atom stereocenters. The van der Waals surface area contributed by atoms with Gasteiger partial charge in [0.05, 0.1) is 28.9 Å². The Labute approximate surface area is 173 Å². The number of anilines is 2. The zero-order chi connectivity index (χ0) is 21.7. The fraction of sp³-hybridized carbons (Fsp3) is 0.286. The molecule has 3 aromatic heterocycles. The smallest absolute Gasteiger partial charge is 0.260 e. The summed E-state index contributed by atoms with van der Waals surface area (Å²) in [4.78, 5) is 32.6. The number of ether oxygens (including phenoxy) is 1. The van der Waals surface area contributed by atoms with Crippen molar-refractivity contribution in [3.63, 3.8) is 0 Å². The molecule has 0 aromatic carbocycles. The number of nitrogens with zero attached hydrogens (tertiary/aromatic N) is 4. The van der Waals surface area contributed by atoms with Crippen molar-refractivity contribution in [1.29, 1.82) is 5.26 Å². The Bertz CT molecular complexity index is 1130. The molecule has 30 heavy (non-hydrogen) atoms. The Kier molecular flexibility index (Phi) is 6.39. The number of aromatic nitrogens is 3. The highest BCUT2D eigenvalue weighted by molar-refractivity contribution is 6.12. The lowest BCUT2D eigenvalue weighted by molar-refractivity contribution is 0.102. The van der Waals surface area contributed by atoms with Crippen LogP contribution in [0.2, 0.25) is 0 Å². The van der Waals surface area contributed by atoms with Gasteiger partial charge >= 0.3 is 0 Å². The molecule has 2 N–H and O–H groups in total. The van der Waals surface area contributed by atoms with Gasteiger partial charge in [-0.3, -0.25) is 9.59 Å². The van der Waals surface area contributed by atoms with Crippen molar-refractivity contribution in [2.45, 2.75) is 19.9 Å². The summed E-state index contributed by atoms with van der Waals surface area (Å²) < 4.78 is 6.93. The maximum absolute atomic E-state index is 13.0. The maximum atomic E-state index is 13.0. The monoisotopic (exact) mass is 406 g/mol. The molecule has 0 aliphatic heterocycles. The predicted octanol–water partition coefficient (Wildman–Crippen LogP) is 3.01. The van der Waals surface area contributed by atoms with E-state index in [0.717, 1.165) is 5.52 Å². The number of carbonyl (C=O) groups excluding carboxylic acids is 2. The summed E-state index contributed by atoms with van der Waals surface area (Å²) in [5, 5.41) is 15.1. The number of rotatable bonds is 8. The minimum atomic E-state index is -0.407. The van der Waals surface area contributed by atoms with Gasteiger partial charge in [-0.1, -0.05) is 0 Å². The number of pyridine rings is 2. The van der Waals surface area contributed by atoms with Crippen molar-refractivity contribution in [2.24, 2.45) is 0 Å². The van der Waals surface area contributed by atoms with Crippen LogP contribution in [0.15, 0.2) is 30.6 Å². The second kappa shape index (κ2) is 9.15. The maximum Gasteiger partial charge on any atom is 0.260 e. The first kappa shape index (κ1) is 21.0. The number of carbonyl (C=O) groups is 2. The Balaban J connectivity index is 1.94. The lowest BCUT2D eigenvalue weighted by Crippen LogP contribution is -2.14. The molecule has 0 spiro atoms. The van der Waals surface area contributed by atoms with Gasteiger partial charge in [-0.2, -0.15) is 5.26 Å². The summed E-state index contributed by atoms with van der Waals surface area (Å²) >= 11 is 0. The van der Waals surface area contributed by atoms with Gasteiger partial charge in [0.25, 0.3) is 5.91 Å². The van der Waals surface area contributed by atoms with E-state index < -0.39 is 5.91 Å². The third kappa shape index (κ3) is 4.29. The van der Waals surface area contributed by atoms with E-state index in [1.54, 1.807) is 31.5 Å². The largest absolute Gasteiger partial charge is 0.383 e. The first-order valence-electron chi connectivity index (χ1n) is 9.39. The molecule has 9 heteroatoms.